The Morgan fingerprint density at radius 3 is 2.23 bits per heavy atom. The predicted molar refractivity (Wildman–Crippen MR) is 229 cm³/mol. The van der Waals surface area contributed by atoms with Crippen LogP contribution in [0.5, 0.6) is 0 Å². The van der Waals surface area contributed by atoms with Crippen LogP contribution in [0, 0.1) is 30.3 Å². The Balaban J connectivity index is 0.000000184. The fraction of sp³-hybridized carbons (Fsp3) is 0.204. The molecule has 0 N–H and O–H groups in total. The van der Waals surface area contributed by atoms with Crippen molar-refractivity contribution in [3.63, 3.8) is 0 Å². The number of hydrogen-bond donors (Lipinski definition) is 0. The second-order valence-electron chi connectivity index (χ2n) is 16.8. The molecule has 289 valence electrons. The maximum absolute atomic E-state index is 14.4. The second kappa shape index (κ2) is 15.9. The molecule has 0 aliphatic carbocycles. The molecule has 0 saturated heterocycles. The summed E-state index contributed by atoms with van der Waals surface area (Å²) < 4.78 is 26.4. The maximum atomic E-state index is 14.4. The predicted octanol–water partition coefficient (Wildman–Crippen LogP) is 12.5. The smallest absolute Gasteiger partial charge is 0.151 e. The molecule has 1 radical (unpaired) electrons. The second-order valence-corrected chi connectivity index (χ2v) is 21.8. The van der Waals surface area contributed by atoms with Crippen LogP contribution >= 0.6 is 0 Å². The van der Waals surface area contributed by atoms with Gasteiger partial charge in [-0.1, -0.05) is 125 Å². The van der Waals surface area contributed by atoms with E-state index in [0.717, 1.165) is 73.8 Å². The third kappa shape index (κ3) is 8.54. The van der Waals surface area contributed by atoms with E-state index in [0.29, 0.717) is 16.8 Å². The molecule has 0 bridgehead atoms. The number of hydrogen-bond acceptors (Lipinski definition) is 5. The first kappa shape index (κ1) is 39.9. The fourth-order valence-corrected chi connectivity index (χ4v) is 8.83. The van der Waals surface area contributed by atoms with Crippen LogP contribution < -0.4 is 5.19 Å². The van der Waals surface area contributed by atoms with Crippen LogP contribution in [0.2, 0.25) is 19.6 Å². The van der Waals surface area contributed by atoms with Crippen LogP contribution in [-0.2, 0) is 32.9 Å². The number of furan rings is 2. The summed E-state index contributed by atoms with van der Waals surface area (Å²) in [6, 6.07) is 40.4. The number of pyridine rings is 3. The van der Waals surface area contributed by atoms with Crippen molar-refractivity contribution in [3.05, 3.63) is 156 Å². The monoisotopic (exact) mass is 946 g/mol. The van der Waals surface area contributed by atoms with Gasteiger partial charge in [0.05, 0.1) is 25.4 Å². The molecule has 9 aromatic rings. The summed E-state index contributed by atoms with van der Waals surface area (Å²) in [5, 5.41) is 4.46. The van der Waals surface area contributed by atoms with Crippen LogP contribution in [0.15, 0.2) is 124 Å². The van der Waals surface area contributed by atoms with E-state index in [-0.39, 0.29) is 31.3 Å². The summed E-state index contributed by atoms with van der Waals surface area (Å²) in [5.41, 5.74) is 11.3. The molecule has 0 aliphatic heterocycles. The first-order valence-electron chi connectivity index (χ1n) is 19.0. The molecule has 9 rings (SSSR count). The van der Waals surface area contributed by atoms with Crippen molar-refractivity contribution < 1.29 is 33.3 Å². The molecular formula is C49H44FIrN3O2Si-2. The van der Waals surface area contributed by atoms with Gasteiger partial charge in [-0.15, -0.1) is 42.0 Å². The van der Waals surface area contributed by atoms with Gasteiger partial charge >= 0.3 is 0 Å². The Bertz CT molecular complexity index is 2870. The number of aromatic nitrogens is 3. The molecule has 5 heterocycles. The van der Waals surface area contributed by atoms with Crippen LogP contribution in [0.1, 0.15) is 43.2 Å². The van der Waals surface area contributed by atoms with Crippen molar-refractivity contribution in [1.29, 1.82) is 0 Å². The molecule has 57 heavy (non-hydrogen) atoms. The summed E-state index contributed by atoms with van der Waals surface area (Å²) in [4.78, 5) is 14.1. The van der Waals surface area contributed by atoms with Gasteiger partial charge in [-0.2, -0.15) is 0 Å². The minimum absolute atomic E-state index is 0. The first-order chi connectivity index (χ1) is 26.8. The molecule has 0 spiro atoms. The van der Waals surface area contributed by atoms with Gasteiger partial charge in [0.2, 0.25) is 0 Å². The van der Waals surface area contributed by atoms with Crippen LogP contribution in [-0.4, -0.2) is 23.0 Å². The Kier molecular flexibility index (Phi) is 11.2. The van der Waals surface area contributed by atoms with Crippen molar-refractivity contribution in [2.45, 2.75) is 60.2 Å². The maximum Gasteiger partial charge on any atom is 0.151 e. The standard InChI is InChI=1S/C29H17N2O2.C20H27FNSi.Ir/c1-2-6-18(7-3-1)14-20-11-13-27-29(31-20)23-15-19(10-12-26(23)32-27)24-16-22-21-8-4-5-9-25(21)33-28(22)17-30-24;1-14-9-8-10-16(19(14)21)17-11-15(12-20(2,3)4)18(13-22-17)23(5,6)7;/h1-9,11-13,15-17H,14H2;8-9,11,13H,12H2,1-7H3;/q2*-1;. The third-order valence-corrected chi connectivity index (χ3v) is 12.0. The van der Waals surface area contributed by atoms with Gasteiger partial charge in [0.15, 0.2) is 5.58 Å². The summed E-state index contributed by atoms with van der Waals surface area (Å²) in [7, 11) is -1.49. The van der Waals surface area contributed by atoms with Crippen molar-refractivity contribution in [1.82, 2.24) is 15.0 Å². The van der Waals surface area contributed by atoms with Gasteiger partial charge < -0.3 is 18.8 Å². The van der Waals surface area contributed by atoms with Crippen molar-refractivity contribution in [3.8, 4) is 22.5 Å². The van der Waals surface area contributed by atoms with Gasteiger partial charge in [-0.3, -0.25) is 9.37 Å². The van der Waals surface area contributed by atoms with E-state index >= 15 is 0 Å². The Hall–Kier alpha value is -5.27. The van der Waals surface area contributed by atoms with Crippen molar-refractivity contribution in [2.75, 3.05) is 0 Å². The Labute approximate surface area is 347 Å². The van der Waals surface area contributed by atoms with Crippen LogP contribution in [0.25, 0.3) is 66.5 Å². The number of fused-ring (bicyclic) bond motifs is 6. The molecule has 0 amide bonds. The summed E-state index contributed by atoms with van der Waals surface area (Å²) in [6.07, 6.45) is 5.50. The minimum atomic E-state index is -1.49. The van der Waals surface area contributed by atoms with Crippen molar-refractivity contribution >= 4 is 57.3 Å². The number of aryl methyl sites for hydroxylation is 1. The molecule has 0 atom stereocenters. The summed E-state index contributed by atoms with van der Waals surface area (Å²) >= 11 is 0. The molecule has 5 aromatic heterocycles. The fourth-order valence-electron chi connectivity index (χ4n) is 7.25. The van der Waals surface area contributed by atoms with E-state index in [1.807, 2.05) is 48.7 Å². The molecule has 0 unspecified atom stereocenters. The van der Waals surface area contributed by atoms with E-state index in [1.165, 1.54) is 16.3 Å². The van der Waals surface area contributed by atoms with Gasteiger partial charge in [-0.05, 0) is 57.6 Å². The summed E-state index contributed by atoms with van der Waals surface area (Å²) in [6.45, 7) is 15.5. The Morgan fingerprint density at radius 1 is 0.719 bits per heavy atom. The van der Waals surface area contributed by atoms with E-state index in [2.05, 4.69) is 111 Å². The normalized spacial score (nSPS) is 11.9. The van der Waals surface area contributed by atoms with E-state index in [1.54, 1.807) is 25.3 Å². The van der Waals surface area contributed by atoms with Crippen LogP contribution in [0.3, 0.4) is 0 Å². The minimum Gasteiger partial charge on any atom is -0.499 e. The quantitative estimate of drug-likeness (QED) is 0.123. The number of nitrogens with zero attached hydrogens (tertiary/aromatic N) is 3. The zero-order chi connectivity index (χ0) is 39.2. The molecule has 0 aliphatic rings. The number of rotatable bonds is 6. The van der Waals surface area contributed by atoms with E-state index < -0.39 is 8.07 Å². The van der Waals surface area contributed by atoms with E-state index in [4.69, 9.17) is 13.8 Å². The van der Waals surface area contributed by atoms with Crippen LogP contribution in [0.4, 0.5) is 4.39 Å². The molecule has 0 saturated carbocycles. The van der Waals surface area contributed by atoms with Crippen molar-refractivity contribution in [2.24, 2.45) is 5.41 Å². The molecule has 4 aromatic carbocycles. The third-order valence-electron chi connectivity index (χ3n) is 9.97. The van der Waals surface area contributed by atoms with Gasteiger partial charge in [0, 0.05) is 55.0 Å². The van der Waals surface area contributed by atoms with Gasteiger partial charge in [0.1, 0.15) is 11.2 Å². The molecule has 0 fully saturated rings. The largest absolute Gasteiger partial charge is 0.499 e. The summed E-state index contributed by atoms with van der Waals surface area (Å²) in [5.74, 6) is -0.220. The molecule has 5 nitrogen and oxygen atoms in total. The first-order valence-corrected chi connectivity index (χ1v) is 22.5. The average molecular weight is 946 g/mol. The number of halogens is 1. The molecular weight excluding hydrogens is 902 g/mol. The topological polar surface area (TPSA) is 65.0 Å². The SMILES string of the molecule is Cc1cc[c-]c(-c2cc(CC(C)(C)C)c([Si](C)(C)C)cn2)c1F.[Ir].[c-]1cc2oc3ccc(Cc4ccccc4)nc3c2cc1-c1cc2c(cn1)oc1ccccc12. The number of para-hydroxylation sites is 1. The average Bonchev–Trinajstić information content (AvgIpc) is 3.73. The number of benzene rings is 4. The zero-order valence-electron chi connectivity index (χ0n) is 33.3. The molecule has 8 heteroatoms. The zero-order valence-corrected chi connectivity index (χ0v) is 36.6. The Morgan fingerprint density at radius 2 is 1.46 bits per heavy atom. The van der Waals surface area contributed by atoms with Gasteiger partial charge in [-0.25, -0.2) is 0 Å². The van der Waals surface area contributed by atoms with Gasteiger partial charge in [0.25, 0.3) is 0 Å². The van der Waals surface area contributed by atoms with E-state index in [9.17, 15) is 4.39 Å².